The maximum Gasteiger partial charge on any atom is 0.324 e. The van der Waals surface area contributed by atoms with Crippen molar-refractivity contribution in [2.45, 2.75) is 24.8 Å². The molecule has 2 aromatic rings. The molecule has 1 aliphatic rings. The van der Waals surface area contributed by atoms with Gasteiger partial charge in [-0.3, -0.25) is 19.2 Å². The summed E-state index contributed by atoms with van der Waals surface area (Å²) in [5, 5.41) is 2.52. The normalized spacial score (nSPS) is 14.8. The topological polar surface area (TPSA) is 155 Å². The molecule has 3 amide bonds. The number of hydrogen-bond donors (Lipinski definition) is 2. The number of ether oxygens (including phenoxy) is 1. The zero-order valence-corrected chi connectivity index (χ0v) is 20.0. The van der Waals surface area contributed by atoms with Crippen LogP contribution in [0, 0.1) is 0 Å². The van der Waals surface area contributed by atoms with E-state index in [1.807, 2.05) is 0 Å². The van der Waals surface area contributed by atoms with E-state index in [9.17, 15) is 27.6 Å². The number of benzene rings is 1. The fourth-order valence-corrected chi connectivity index (χ4v) is 4.53. The van der Waals surface area contributed by atoms with Crippen LogP contribution >= 0.6 is 0 Å². The van der Waals surface area contributed by atoms with Crippen molar-refractivity contribution < 1.29 is 36.7 Å². The SMILES string of the molecule is CC(=O)Nc1ccc(S(=O)(=O)NC(C)C(=O)OCC(=O)N2CCN(C(=O)c3ccco3)CC2)cc1. The van der Waals surface area contributed by atoms with Crippen molar-refractivity contribution in [3.63, 3.8) is 0 Å². The van der Waals surface area contributed by atoms with Crippen LogP contribution in [0.5, 0.6) is 0 Å². The molecule has 12 nitrogen and oxygen atoms in total. The number of sulfonamides is 1. The second-order valence-corrected chi connectivity index (χ2v) is 9.52. The molecule has 0 bridgehead atoms. The number of nitrogens with one attached hydrogen (secondary N) is 2. The van der Waals surface area contributed by atoms with E-state index in [2.05, 4.69) is 10.0 Å². The first-order valence-corrected chi connectivity index (χ1v) is 12.2. The van der Waals surface area contributed by atoms with Crippen molar-refractivity contribution in [2.75, 3.05) is 38.1 Å². The van der Waals surface area contributed by atoms with Crippen molar-refractivity contribution in [1.29, 1.82) is 0 Å². The van der Waals surface area contributed by atoms with Crippen LogP contribution in [0.2, 0.25) is 0 Å². The Morgan fingerprint density at radius 2 is 1.66 bits per heavy atom. The van der Waals surface area contributed by atoms with Gasteiger partial charge < -0.3 is 24.3 Å². The van der Waals surface area contributed by atoms with Gasteiger partial charge in [-0.1, -0.05) is 0 Å². The average Bonchev–Trinajstić information content (AvgIpc) is 3.36. The van der Waals surface area contributed by atoms with Gasteiger partial charge in [-0.2, -0.15) is 4.72 Å². The fourth-order valence-electron chi connectivity index (χ4n) is 3.33. The van der Waals surface area contributed by atoms with E-state index < -0.39 is 34.5 Å². The molecule has 1 aromatic carbocycles. The van der Waals surface area contributed by atoms with Gasteiger partial charge in [0.2, 0.25) is 15.9 Å². The van der Waals surface area contributed by atoms with Gasteiger partial charge in [0.25, 0.3) is 11.8 Å². The predicted molar refractivity (Wildman–Crippen MR) is 123 cm³/mol. The number of carbonyl (C=O) groups excluding carboxylic acids is 4. The highest BCUT2D eigenvalue weighted by Gasteiger charge is 2.28. The molecule has 0 aliphatic carbocycles. The van der Waals surface area contributed by atoms with Crippen LogP contribution < -0.4 is 10.0 Å². The molecule has 1 unspecified atom stereocenters. The van der Waals surface area contributed by atoms with Crippen LogP contribution in [-0.2, 0) is 29.1 Å². The molecule has 0 spiro atoms. The summed E-state index contributed by atoms with van der Waals surface area (Å²) in [7, 11) is -4.05. The second kappa shape index (κ2) is 11.1. The quantitative estimate of drug-likeness (QED) is 0.489. The number of amides is 3. The highest BCUT2D eigenvalue weighted by atomic mass is 32.2. The number of esters is 1. The molecule has 1 fully saturated rings. The summed E-state index contributed by atoms with van der Waals surface area (Å²) >= 11 is 0. The first-order valence-electron chi connectivity index (χ1n) is 10.7. The van der Waals surface area contributed by atoms with Gasteiger partial charge in [-0.05, 0) is 43.3 Å². The van der Waals surface area contributed by atoms with Crippen LogP contribution in [0.3, 0.4) is 0 Å². The van der Waals surface area contributed by atoms with Crippen LogP contribution in [0.25, 0.3) is 0 Å². The predicted octanol–water partition coefficient (Wildman–Crippen LogP) is 0.433. The molecule has 0 saturated carbocycles. The molecule has 0 radical (unpaired) electrons. The van der Waals surface area contributed by atoms with Gasteiger partial charge >= 0.3 is 5.97 Å². The Balaban J connectivity index is 1.45. The lowest BCUT2D eigenvalue weighted by molar-refractivity contribution is -0.153. The smallest absolute Gasteiger partial charge is 0.324 e. The molecule has 3 rings (SSSR count). The number of furan rings is 1. The number of hydrogen-bond acceptors (Lipinski definition) is 8. The summed E-state index contributed by atoms with van der Waals surface area (Å²) in [4.78, 5) is 50.9. The lowest BCUT2D eigenvalue weighted by Gasteiger charge is -2.34. The monoisotopic (exact) mass is 506 g/mol. The van der Waals surface area contributed by atoms with E-state index in [1.54, 1.807) is 17.0 Å². The minimum atomic E-state index is -4.05. The Bertz CT molecular complexity index is 1170. The van der Waals surface area contributed by atoms with E-state index >= 15 is 0 Å². The molecule has 1 saturated heterocycles. The summed E-state index contributed by atoms with van der Waals surface area (Å²) < 4.78 is 37.3. The molecule has 13 heteroatoms. The van der Waals surface area contributed by atoms with Crippen LogP contribution in [-0.4, -0.2) is 80.7 Å². The molecule has 1 atom stereocenters. The van der Waals surface area contributed by atoms with Crippen LogP contribution in [0.4, 0.5) is 5.69 Å². The van der Waals surface area contributed by atoms with Gasteiger partial charge in [-0.15, -0.1) is 0 Å². The number of anilines is 1. The summed E-state index contributed by atoms with van der Waals surface area (Å²) in [6.45, 7) is 3.20. The van der Waals surface area contributed by atoms with Crippen molar-refractivity contribution in [1.82, 2.24) is 14.5 Å². The van der Waals surface area contributed by atoms with Crippen molar-refractivity contribution in [3.05, 3.63) is 48.4 Å². The first kappa shape index (κ1) is 25.9. The first-order chi connectivity index (χ1) is 16.6. The summed E-state index contributed by atoms with van der Waals surface area (Å²) in [5.74, 6) is -1.71. The number of carbonyl (C=O) groups is 4. The Labute approximate surface area is 202 Å². The Kier molecular flexibility index (Phi) is 8.25. The zero-order chi connectivity index (χ0) is 25.6. The molecular weight excluding hydrogens is 480 g/mol. The van der Waals surface area contributed by atoms with Gasteiger partial charge in [0.1, 0.15) is 6.04 Å². The zero-order valence-electron chi connectivity index (χ0n) is 19.2. The van der Waals surface area contributed by atoms with Crippen LogP contribution in [0.1, 0.15) is 24.4 Å². The minimum absolute atomic E-state index is 0.107. The van der Waals surface area contributed by atoms with Gasteiger partial charge in [0, 0.05) is 38.8 Å². The molecule has 2 N–H and O–H groups in total. The summed E-state index contributed by atoms with van der Waals surface area (Å²) in [6, 6.07) is 7.34. The number of nitrogens with zero attached hydrogens (tertiary/aromatic N) is 2. The van der Waals surface area contributed by atoms with Crippen molar-refractivity contribution in [2.24, 2.45) is 0 Å². The molecular formula is C22H26N4O8S. The van der Waals surface area contributed by atoms with Gasteiger partial charge in [0.15, 0.2) is 12.4 Å². The van der Waals surface area contributed by atoms with Crippen LogP contribution in [0.15, 0.2) is 52.0 Å². The van der Waals surface area contributed by atoms with E-state index in [-0.39, 0.29) is 35.6 Å². The van der Waals surface area contributed by atoms with Gasteiger partial charge in [0.05, 0.1) is 11.2 Å². The molecule has 2 heterocycles. The largest absolute Gasteiger partial charge is 0.459 e. The highest BCUT2D eigenvalue weighted by Crippen LogP contribution is 2.15. The molecule has 1 aliphatic heterocycles. The van der Waals surface area contributed by atoms with E-state index in [0.29, 0.717) is 18.8 Å². The Morgan fingerprint density at radius 3 is 2.23 bits per heavy atom. The third-order valence-corrected chi connectivity index (χ3v) is 6.72. The lowest BCUT2D eigenvalue weighted by Crippen LogP contribution is -2.51. The van der Waals surface area contributed by atoms with E-state index in [0.717, 1.165) is 0 Å². The van der Waals surface area contributed by atoms with Gasteiger partial charge in [-0.25, -0.2) is 8.42 Å². The molecule has 1 aromatic heterocycles. The lowest BCUT2D eigenvalue weighted by atomic mass is 10.3. The summed E-state index contributed by atoms with van der Waals surface area (Å²) in [5.41, 5.74) is 0.425. The standard InChI is InChI=1S/C22H26N4O8S/c1-15(24-35(31,32)18-7-5-17(6-8-18)23-16(2)27)22(30)34-14-20(28)25-9-11-26(12-10-25)21(29)19-4-3-13-33-19/h3-8,13,15,24H,9-12,14H2,1-2H3,(H,23,27). The average molecular weight is 507 g/mol. The minimum Gasteiger partial charge on any atom is -0.459 e. The number of rotatable bonds is 8. The fraction of sp³-hybridized carbons (Fsp3) is 0.364. The van der Waals surface area contributed by atoms with Crippen molar-refractivity contribution >= 4 is 39.4 Å². The molecule has 35 heavy (non-hydrogen) atoms. The third kappa shape index (κ3) is 6.90. The maximum absolute atomic E-state index is 12.5. The van der Waals surface area contributed by atoms with E-state index in [4.69, 9.17) is 9.15 Å². The van der Waals surface area contributed by atoms with Crippen molar-refractivity contribution in [3.8, 4) is 0 Å². The number of piperazine rings is 1. The van der Waals surface area contributed by atoms with E-state index in [1.165, 1.54) is 49.3 Å². The third-order valence-electron chi connectivity index (χ3n) is 5.16. The Morgan fingerprint density at radius 1 is 1.03 bits per heavy atom. The Hall–Kier alpha value is -3.71. The second-order valence-electron chi connectivity index (χ2n) is 7.81. The summed E-state index contributed by atoms with van der Waals surface area (Å²) in [6.07, 6.45) is 1.41. The molecule has 188 valence electrons. The highest BCUT2D eigenvalue weighted by molar-refractivity contribution is 7.89. The maximum atomic E-state index is 12.5.